The van der Waals surface area contributed by atoms with Crippen molar-refractivity contribution in [3.05, 3.63) is 227 Å². The number of fused-ring (bicyclic) bond motifs is 1. The largest absolute Gasteiger partial charge is 0.355 e. The summed E-state index contributed by atoms with van der Waals surface area (Å²) >= 11 is 0. The Hall–Kier alpha value is -6.44. The molecule has 0 atom stereocenters. The molecule has 51 heavy (non-hydrogen) atoms. The third-order valence-electron chi connectivity index (χ3n) is 11.6. The normalized spacial score (nSPS) is 17.1. The van der Waals surface area contributed by atoms with Gasteiger partial charge >= 0.3 is 0 Å². The van der Waals surface area contributed by atoms with Crippen molar-refractivity contribution in [2.45, 2.75) is 11.3 Å². The third kappa shape index (κ3) is 3.86. The second-order valence-corrected chi connectivity index (χ2v) is 14.0. The van der Waals surface area contributed by atoms with Crippen molar-refractivity contribution >= 4 is 11.4 Å². The quantitative estimate of drug-likeness (QED) is 0.200. The van der Waals surface area contributed by atoms with Crippen LogP contribution in [0, 0.1) is 0 Å². The number of nitrogens with one attached hydrogen (secondary N) is 1. The Morgan fingerprint density at radius 2 is 0.843 bits per heavy atom. The van der Waals surface area contributed by atoms with Crippen LogP contribution in [0.25, 0.3) is 44.5 Å². The lowest BCUT2D eigenvalue weighted by Crippen LogP contribution is -2.45. The van der Waals surface area contributed by atoms with Gasteiger partial charge in [-0.1, -0.05) is 170 Å². The lowest BCUT2D eigenvalue weighted by Gasteiger charge is -2.54. The molecule has 238 valence electrons. The fourth-order valence-electron chi connectivity index (χ4n) is 9.63. The maximum atomic E-state index is 3.97. The molecule has 4 aliphatic rings. The highest BCUT2D eigenvalue weighted by Crippen LogP contribution is 2.67. The van der Waals surface area contributed by atoms with Crippen LogP contribution >= 0.6 is 0 Å². The number of anilines is 2. The summed E-state index contributed by atoms with van der Waals surface area (Å²) in [5.41, 5.74) is 21.6. The van der Waals surface area contributed by atoms with E-state index < -0.39 is 5.41 Å². The van der Waals surface area contributed by atoms with Crippen LogP contribution in [0.2, 0.25) is 0 Å². The molecule has 8 aromatic carbocycles. The minimum absolute atomic E-state index is 0.124. The van der Waals surface area contributed by atoms with Crippen LogP contribution in [-0.4, -0.2) is 0 Å². The molecule has 1 spiro atoms. The van der Waals surface area contributed by atoms with Gasteiger partial charge in [0.15, 0.2) is 0 Å². The van der Waals surface area contributed by atoms with E-state index in [9.17, 15) is 0 Å². The maximum absolute atomic E-state index is 3.97. The summed E-state index contributed by atoms with van der Waals surface area (Å²) in [4.78, 5) is 0. The van der Waals surface area contributed by atoms with Crippen molar-refractivity contribution in [3.8, 4) is 44.5 Å². The van der Waals surface area contributed by atoms with Crippen LogP contribution in [-0.2, 0) is 5.41 Å². The molecule has 8 aromatic rings. The van der Waals surface area contributed by atoms with E-state index in [2.05, 4.69) is 193 Å². The zero-order valence-electron chi connectivity index (χ0n) is 28.0. The first-order valence-corrected chi connectivity index (χ1v) is 17.9. The first kappa shape index (κ1) is 28.4. The van der Waals surface area contributed by atoms with Crippen LogP contribution in [0.4, 0.5) is 11.4 Å². The fraction of sp³-hybridized carbons (Fsp3) is 0.0400. The molecule has 0 fully saturated rings. The molecule has 12 rings (SSSR count). The molecular formula is C50H33N. The van der Waals surface area contributed by atoms with E-state index in [0.29, 0.717) is 0 Å². The second-order valence-electron chi connectivity index (χ2n) is 14.0. The molecule has 3 aliphatic carbocycles. The topological polar surface area (TPSA) is 12.0 Å². The lowest BCUT2D eigenvalue weighted by molar-refractivity contribution is 0.628. The van der Waals surface area contributed by atoms with Gasteiger partial charge in [-0.3, -0.25) is 0 Å². The lowest BCUT2D eigenvalue weighted by atomic mass is 9.49. The highest BCUT2D eigenvalue weighted by molar-refractivity contribution is 5.96. The smallest absolute Gasteiger partial charge is 0.0751 e. The summed E-state index contributed by atoms with van der Waals surface area (Å²) in [6, 6.07) is 69.7. The Kier molecular flexibility index (Phi) is 6.00. The third-order valence-corrected chi connectivity index (χ3v) is 11.6. The van der Waals surface area contributed by atoms with Crippen molar-refractivity contribution in [2.75, 3.05) is 5.32 Å². The van der Waals surface area contributed by atoms with E-state index in [1.54, 1.807) is 0 Å². The van der Waals surface area contributed by atoms with Crippen LogP contribution in [0.5, 0.6) is 0 Å². The molecule has 0 radical (unpaired) electrons. The Bertz CT molecular complexity index is 2620. The minimum Gasteiger partial charge on any atom is -0.355 e. The van der Waals surface area contributed by atoms with Gasteiger partial charge in [-0.15, -0.1) is 0 Å². The molecule has 1 nitrogen and oxygen atoms in total. The van der Waals surface area contributed by atoms with Crippen LogP contribution in [0.15, 0.2) is 188 Å². The fourth-order valence-corrected chi connectivity index (χ4v) is 9.63. The molecular weight excluding hydrogens is 615 g/mol. The van der Waals surface area contributed by atoms with E-state index in [0.717, 1.165) is 5.69 Å². The van der Waals surface area contributed by atoms with Crippen LogP contribution in [0.3, 0.4) is 0 Å². The van der Waals surface area contributed by atoms with Crippen molar-refractivity contribution in [1.82, 2.24) is 0 Å². The van der Waals surface area contributed by atoms with E-state index in [-0.39, 0.29) is 5.92 Å². The second kappa shape index (κ2) is 10.8. The number of hydrogen-bond acceptors (Lipinski definition) is 1. The van der Waals surface area contributed by atoms with Crippen molar-refractivity contribution in [1.29, 1.82) is 0 Å². The van der Waals surface area contributed by atoms with E-state index in [1.165, 1.54) is 89.1 Å². The summed E-state index contributed by atoms with van der Waals surface area (Å²) in [5, 5.41) is 3.97. The highest BCUT2D eigenvalue weighted by atomic mass is 14.9. The van der Waals surface area contributed by atoms with Gasteiger partial charge in [0.1, 0.15) is 0 Å². The number of rotatable bonds is 4. The minimum atomic E-state index is -0.484. The average Bonchev–Trinajstić information content (AvgIpc) is 3.21. The van der Waals surface area contributed by atoms with Crippen molar-refractivity contribution < 1.29 is 0 Å². The van der Waals surface area contributed by atoms with Crippen molar-refractivity contribution in [3.63, 3.8) is 0 Å². The first-order valence-electron chi connectivity index (χ1n) is 17.9. The Balaban J connectivity index is 1.24. The molecule has 0 saturated carbocycles. The van der Waals surface area contributed by atoms with E-state index >= 15 is 0 Å². The molecule has 0 saturated heterocycles. The summed E-state index contributed by atoms with van der Waals surface area (Å²) < 4.78 is 0. The predicted molar refractivity (Wildman–Crippen MR) is 211 cm³/mol. The van der Waals surface area contributed by atoms with Crippen LogP contribution in [0.1, 0.15) is 44.9 Å². The SMILES string of the molecule is c1ccc(-c2ccccc2-c2ccc3c(c2)C24c5ccccc5C(c5ccccc52)c2c(-c5ccccc5-c5ccccc5)ccc(c24)N3)cc1. The summed E-state index contributed by atoms with van der Waals surface area (Å²) in [6.45, 7) is 0. The van der Waals surface area contributed by atoms with E-state index in [4.69, 9.17) is 0 Å². The van der Waals surface area contributed by atoms with Gasteiger partial charge in [0.25, 0.3) is 0 Å². The molecule has 0 aromatic heterocycles. The Morgan fingerprint density at radius 1 is 0.353 bits per heavy atom. The molecule has 1 heterocycles. The van der Waals surface area contributed by atoms with Gasteiger partial charge in [-0.25, -0.2) is 0 Å². The average molecular weight is 648 g/mol. The maximum Gasteiger partial charge on any atom is 0.0751 e. The predicted octanol–water partition coefficient (Wildman–Crippen LogP) is 12.6. The van der Waals surface area contributed by atoms with Gasteiger partial charge in [-0.2, -0.15) is 0 Å². The zero-order chi connectivity index (χ0) is 33.5. The summed E-state index contributed by atoms with van der Waals surface area (Å²) in [6.07, 6.45) is 0. The molecule has 2 bridgehead atoms. The molecule has 0 amide bonds. The van der Waals surface area contributed by atoms with Gasteiger partial charge < -0.3 is 5.32 Å². The monoisotopic (exact) mass is 647 g/mol. The van der Waals surface area contributed by atoms with Gasteiger partial charge in [0.2, 0.25) is 0 Å². The Morgan fingerprint density at radius 3 is 1.47 bits per heavy atom. The number of benzene rings is 8. The first-order chi connectivity index (χ1) is 25.3. The van der Waals surface area contributed by atoms with Crippen molar-refractivity contribution in [2.24, 2.45) is 0 Å². The molecule has 0 unspecified atom stereocenters. The standard InChI is InChI=1S/C50H33N/c1-3-15-32(16-4-1)35-19-7-8-21-37(35)34-27-29-45-44(31-34)50-42-25-13-11-23-40(42)47(41-24-12-14-26-43(41)50)48-39(28-30-46(51-45)49(48)50)38-22-10-9-20-36(38)33-17-5-2-6-18-33/h1-31,47,51H. The number of hydrogen-bond donors (Lipinski definition) is 1. The Labute approximate surface area is 298 Å². The molecule has 1 heteroatoms. The van der Waals surface area contributed by atoms with Gasteiger partial charge in [0, 0.05) is 17.3 Å². The van der Waals surface area contributed by atoms with Crippen LogP contribution < -0.4 is 5.32 Å². The zero-order valence-corrected chi connectivity index (χ0v) is 28.0. The molecule has 1 aliphatic heterocycles. The van der Waals surface area contributed by atoms with E-state index in [1.807, 2.05) is 0 Å². The highest BCUT2D eigenvalue weighted by Gasteiger charge is 2.56. The van der Waals surface area contributed by atoms with Gasteiger partial charge in [-0.05, 0) is 102 Å². The summed E-state index contributed by atoms with van der Waals surface area (Å²) in [7, 11) is 0. The van der Waals surface area contributed by atoms with Gasteiger partial charge in [0.05, 0.1) is 5.41 Å². The summed E-state index contributed by atoms with van der Waals surface area (Å²) in [5.74, 6) is 0.124. The molecule has 1 N–H and O–H groups in total.